The highest BCUT2D eigenvalue weighted by atomic mass is 32.2. The van der Waals surface area contributed by atoms with E-state index in [1.807, 2.05) is 0 Å². The Kier molecular flexibility index (Phi) is 6.41. The van der Waals surface area contributed by atoms with Gasteiger partial charge in [0.25, 0.3) is 0 Å². The Balaban J connectivity index is 2.13. The standard InChI is InChI=1S/C15H27NO6S/c1-3-16(11-13-5-4-8-22-13)23(18,19)12-15(14(17)20-2)6-9-21-10-7-15/h13H,3-12H2,1-2H3/t13-/m0/s1. The van der Waals surface area contributed by atoms with Crippen LogP contribution in [0.2, 0.25) is 0 Å². The molecule has 2 rings (SSSR count). The maximum absolute atomic E-state index is 12.9. The Morgan fingerprint density at radius 3 is 2.52 bits per heavy atom. The van der Waals surface area contributed by atoms with Gasteiger partial charge < -0.3 is 14.2 Å². The van der Waals surface area contributed by atoms with Crippen molar-refractivity contribution in [3.05, 3.63) is 0 Å². The number of hydrogen-bond donors (Lipinski definition) is 0. The van der Waals surface area contributed by atoms with Crippen molar-refractivity contribution in [2.24, 2.45) is 5.41 Å². The first-order valence-electron chi connectivity index (χ1n) is 8.19. The van der Waals surface area contributed by atoms with Crippen LogP contribution in [0.5, 0.6) is 0 Å². The third-order valence-electron chi connectivity index (χ3n) is 4.70. The van der Waals surface area contributed by atoms with Gasteiger partial charge in [-0.25, -0.2) is 8.42 Å². The number of carbonyl (C=O) groups excluding carboxylic acids is 1. The van der Waals surface area contributed by atoms with E-state index in [1.54, 1.807) is 6.92 Å². The van der Waals surface area contributed by atoms with E-state index < -0.39 is 21.4 Å². The minimum Gasteiger partial charge on any atom is -0.469 e. The molecule has 134 valence electrons. The lowest BCUT2D eigenvalue weighted by Crippen LogP contribution is -2.48. The second kappa shape index (κ2) is 7.92. The zero-order valence-electron chi connectivity index (χ0n) is 14.0. The third-order valence-corrected chi connectivity index (χ3v) is 6.82. The average Bonchev–Trinajstić information content (AvgIpc) is 3.05. The molecule has 0 aromatic rings. The lowest BCUT2D eigenvalue weighted by molar-refractivity contribution is -0.156. The van der Waals surface area contributed by atoms with E-state index in [0.717, 1.165) is 12.8 Å². The van der Waals surface area contributed by atoms with E-state index in [1.165, 1.54) is 11.4 Å². The summed E-state index contributed by atoms with van der Waals surface area (Å²) in [7, 11) is -2.27. The van der Waals surface area contributed by atoms with Gasteiger partial charge in [-0.15, -0.1) is 0 Å². The molecule has 0 aromatic carbocycles. The highest BCUT2D eigenvalue weighted by molar-refractivity contribution is 7.89. The normalized spacial score (nSPS) is 24.7. The van der Waals surface area contributed by atoms with Gasteiger partial charge in [0.15, 0.2) is 0 Å². The Bertz CT molecular complexity index is 494. The summed E-state index contributed by atoms with van der Waals surface area (Å²) in [6.07, 6.45) is 2.54. The van der Waals surface area contributed by atoms with Crippen molar-refractivity contribution in [2.75, 3.05) is 45.8 Å². The molecule has 2 saturated heterocycles. The Hall–Kier alpha value is -0.700. The van der Waals surface area contributed by atoms with Crippen molar-refractivity contribution in [1.29, 1.82) is 0 Å². The van der Waals surface area contributed by atoms with Gasteiger partial charge in [-0.1, -0.05) is 6.92 Å². The van der Waals surface area contributed by atoms with Crippen LogP contribution in [0.1, 0.15) is 32.6 Å². The average molecular weight is 349 g/mol. The minimum absolute atomic E-state index is 0.0477. The number of likely N-dealkylation sites (N-methyl/N-ethyl adjacent to an activating group) is 1. The van der Waals surface area contributed by atoms with Gasteiger partial charge in [0.2, 0.25) is 10.0 Å². The van der Waals surface area contributed by atoms with E-state index in [2.05, 4.69) is 0 Å². The molecule has 2 aliphatic rings. The molecule has 1 atom stereocenters. The van der Waals surface area contributed by atoms with Gasteiger partial charge in [0.05, 0.1) is 24.4 Å². The lowest BCUT2D eigenvalue weighted by Gasteiger charge is -2.35. The second-order valence-corrected chi connectivity index (χ2v) is 8.20. The van der Waals surface area contributed by atoms with E-state index in [-0.39, 0.29) is 11.9 Å². The van der Waals surface area contributed by atoms with Gasteiger partial charge >= 0.3 is 5.97 Å². The van der Waals surface area contributed by atoms with Crippen molar-refractivity contribution in [2.45, 2.75) is 38.7 Å². The Morgan fingerprint density at radius 1 is 1.30 bits per heavy atom. The zero-order chi connectivity index (χ0) is 16.9. The van der Waals surface area contributed by atoms with E-state index in [4.69, 9.17) is 14.2 Å². The first kappa shape index (κ1) is 18.6. The number of sulfonamides is 1. The van der Waals surface area contributed by atoms with Crippen LogP contribution in [-0.4, -0.2) is 70.6 Å². The van der Waals surface area contributed by atoms with Crippen LogP contribution < -0.4 is 0 Å². The van der Waals surface area contributed by atoms with Crippen LogP contribution in [0.25, 0.3) is 0 Å². The molecule has 23 heavy (non-hydrogen) atoms. The molecule has 2 aliphatic heterocycles. The van der Waals surface area contributed by atoms with Gasteiger partial charge in [0.1, 0.15) is 0 Å². The molecular formula is C15H27NO6S. The highest BCUT2D eigenvalue weighted by Crippen LogP contribution is 2.34. The molecule has 8 heteroatoms. The largest absolute Gasteiger partial charge is 0.469 e. The van der Waals surface area contributed by atoms with Gasteiger partial charge in [-0.05, 0) is 25.7 Å². The number of hydrogen-bond acceptors (Lipinski definition) is 6. The van der Waals surface area contributed by atoms with Crippen LogP contribution in [-0.2, 0) is 29.0 Å². The number of nitrogens with zero attached hydrogens (tertiary/aromatic N) is 1. The number of esters is 1. The first-order chi connectivity index (χ1) is 10.9. The van der Waals surface area contributed by atoms with Crippen LogP contribution in [0.4, 0.5) is 0 Å². The molecule has 2 fully saturated rings. The van der Waals surface area contributed by atoms with Gasteiger partial charge in [-0.3, -0.25) is 4.79 Å². The topological polar surface area (TPSA) is 82.1 Å². The molecule has 7 nitrogen and oxygen atoms in total. The van der Waals surface area contributed by atoms with Crippen molar-refractivity contribution in [3.63, 3.8) is 0 Å². The lowest BCUT2D eigenvalue weighted by atomic mass is 9.82. The first-order valence-corrected chi connectivity index (χ1v) is 9.80. The fourth-order valence-electron chi connectivity index (χ4n) is 3.28. The summed E-state index contributed by atoms with van der Waals surface area (Å²) in [6, 6.07) is 0. The molecule has 0 aliphatic carbocycles. The number of carbonyl (C=O) groups is 1. The van der Waals surface area contributed by atoms with Crippen molar-refractivity contribution in [3.8, 4) is 0 Å². The monoisotopic (exact) mass is 349 g/mol. The van der Waals surface area contributed by atoms with Crippen LogP contribution in [0, 0.1) is 5.41 Å². The summed E-state index contributed by atoms with van der Waals surface area (Å²) in [6.45, 7) is 3.97. The Morgan fingerprint density at radius 2 is 2.00 bits per heavy atom. The van der Waals surface area contributed by atoms with Crippen molar-refractivity contribution < 1.29 is 27.4 Å². The van der Waals surface area contributed by atoms with E-state index >= 15 is 0 Å². The maximum Gasteiger partial charge on any atom is 0.313 e. The fraction of sp³-hybridized carbons (Fsp3) is 0.933. The van der Waals surface area contributed by atoms with Crippen molar-refractivity contribution in [1.82, 2.24) is 4.31 Å². The molecule has 0 N–H and O–H groups in total. The summed E-state index contributed by atoms with van der Waals surface area (Å²) in [5.74, 6) is -0.686. The molecule has 0 unspecified atom stereocenters. The molecule has 0 aromatic heterocycles. The van der Waals surface area contributed by atoms with Crippen LogP contribution >= 0.6 is 0 Å². The fourth-order valence-corrected chi connectivity index (χ4v) is 5.36. The van der Waals surface area contributed by atoms with E-state index in [0.29, 0.717) is 45.8 Å². The summed E-state index contributed by atoms with van der Waals surface area (Å²) in [4.78, 5) is 12.2. The number of ether oxygens (including phenoxy) is 3. The van der Waals surface area contributed by atoms with Crippen LogP contribution in [0.3, 0.4) is 0 Å². The smallest absolute Gasteiger partial charge is 0.313 e. The van der Waals surface area contributed by atoms with Crippen LogP contribution in [0.15, 0.2) is 0 Å². The molecule has 0 saturated carbocycles. The summed E-state index contributed by atoms with van der Waals surface area (Å²) < 4.78 is 42.9. The molecular weight excluding hydrogens is 322 g/mol. The Labute approximate surface area is 138 Å². The van der Waals surface area contributed by atoms with Gasteiger partial charge in [0, 0.05) is 32.9 Å². The summed E-state index contributed by atoms with van der Waals surface area (Å²) >= 11 is 0. The SMILES string of the molecule is CCN(C[C@@H]1CCCO1)S(=O)(=O)CC1(C(=O)OC)CCOCC1. The van der Waals surface area contributed by atoms with E-state index in [9.17, 15) is 13.2 Å². The molecule has 0 amide bonds. The summed E-state index contributed by atoms with van der Waals surface area (Å²) in [5, 5.41) is 0. The predicted octanol–water partition coefficient (Wildman–Crippen LogP) is 0.787. The molecule has 0 bridgehead atoms. The maximum atomic E-state index is 12.9. The zero-order valence-corrected chi connectivity index (χ0v) is 14.8. The highest BCUT2D eigenvalue weighted by Gasteiger charge is 2.46. The predicted molar refractivity (Wildman–Crippen MR) is 84.5 cm³/mol. The third kappa shape index (κ3) is 4.43. The van der Waals surface area contributed by atoms with Crippen molar-refractivity contribution >= 4 is 16.0 Å². The number of methoxy groups -OCH3 is 1. The quantitative estimate of drug-likeness (QED) is 0.632. The van der Waals surface area contributed by atoms with Gasteiger partial charge in [-0.2, -0.15) is 4.31 Å². The molecule has 0 spiro atoms. The minimum atomic E-state index is -3.58. The molecule has 2 heterocycles. The summed E-state index contributed by atoms with van der Waals surface area (Å²) in [5.41, 5.74) is -1.00. The molecule has 0 radical (unpaired) electrons. The number of rotatable bonds is 7. The second-order valence-electron chi connectivity index (χ2n) is 6.23.